The topological polar surface area (TPSA) is 107 Å². The number of carboxylic acids is 1. The Kier molecular flexibility index (Phi) is 2.28. The maximum absolute atomic E-state index is 11.0. The van der Waals surface area contributed by atoms with Crippen molar-refractivity contribution in [3.63, 3.8) is 0 Å². The van der Waals surface area contributed by atoms with E-state index in [2.05, 4.69) is 4.98 Å². The minimum atomic E-state index is -1.09. The lowest BCUT2D eigenvalue weighted by molar-refractivity contribution is 0.0693. The van der Waals surface area contributed by atoms with E-state index in [0.29, 0.717) is 17.0 Å². The fourth-order valence-electron chi connectivity index (χ4n) is 1.60. The molecule has 6 heteroatoms. The Morgan fingerprint density at radius 1 is 1.62 bits per heavy atom. The summed E-state index contributed by atoms with van der Waals surface area (Å²) in [5.74, 6) is -0.581. The first kappa shape index (κ1) is 10.4. The van der Waals surface area contributed by atoms with Crippen LogP contribution in [-0.2, 0) is 0 Å². The number of hydrogen-bond acceptors (Lipinski definition) is 4. The number of imidazole rings is 1. The van der Waals surface area contributed by atoms with E-state index in [0.717, 1.165) is 0 Å². The van der Waals surface area contributed by atoms with Gasteiger partial charge in [0.05, 0.1) is 11.6 Å². The summed E-state index contributed by atoms with van der Waals surface area (Å²) in [6.07, 6.45) is 1.67. The van der Waals surface area contributed by atoms with E-state index in [1.54, 1.807) is 29.7 Å². The van der Waals surface area contributed by atoms with E-state index in [9.17, 15) is 4.79 Å². The molecule has 84 valence electrons. The number of carboxylic acid groups (broad SMARTS) is 1. The fraction of sp³-hybridized carbons (Fsp3) is 0.200. The van der Waals surface area contributed by atoms with Crippen molar-refractivity contribution < 1.29 is 9.90 Å². The van der Waals surface area contributed by atoms with E-state index in [4.69, 9.17) is 16.6 Å². The summed E-state index contributed by atoms with van der Waals surface area (Å²) >= 11 is 0. The van der Waals surface area contributed by atoms with Crippen LogP contribution < -0.4 is 11.5 Å². The van der Waals surface area contributed by atoms with Crippen LogP contribution >= 0.6 is 0 Å². The molecule has 2 aromatic heterocycles. The van der Waals surface area contributed by atoms with Gasteiger partial charge in [-0.25, -0.2) is 9.78 Å². The van der Waals surface area contributed by atoms with E-state index in [1.165, 1.54) is 0 Å². The van der Waals surface area contributed by atoms with Crippen molar-refractivity contribution in [1.82, 2.24) is 9.38 Å². The summed E-state index contributed by atoms with van der Waals surface area (Å²) in [5, 5.41) is 9.01. The van der Waals surface area contributed by atoms with E-state index < -0.39 is 5.97 Å². The molecule has 0 amide bonds. The largest absolute Gasteiger partial charge is 0.476 e. The maximum Gasteiger partial charge on any atom is 0.356 e. The molecule has 2 rings (SSSR count). The minimum absolute atomic E-state index is 0.0281. The van der Waals surface area contributed by atoms with Crippen molar-refractivity contribution in [2.24, 2.45) is 5.73 Å². The maximum atomic E-state index is 11.0. The molecule has 0 fully saturated rings. The number of nitrogens with two attached hydrogens (primary N) is 2. The predicted molar refractivity (Wildman–Crippen MR) is 59.2 cm³/mol. The second-order valence-corrected chi connectivity index (χ2v) is 3.63. The lowest BCUT2D eigenvalue weighted by Crippen LogP contribution is -2.09. The second-order valence-electron chi connectivity index (χ2n) is 3.63. The van der Waals surface area contributed by atoms with Crippen molar-refractivity contribution in [3.8, 4) is 0 Å². The molecule has 2 heterocycles. The first-order valence-electron chi connectivity index (χ1n) is 4.77. The average Bonchev–Trinajstić information content (AvgIpc) is 2.56. The summed E-state index contributed by atoms with van der Waals surface area (Å²) < 4.78 is 1.64. The Morgan fingerprint density at radius 2 is 2.31 bits per heavy atom. The van der Waals surface area contributed by atoms with Crippen LogP contribution in [0.2, 0.25) is 0 Å². The first-order chi connectivity index (χ1) is 7.50. The molecule has 1 unspecified atom stereocenters. The van der Waals surface area contributed by atoms with Crippen LogP contribution in [0.3, 0.4) is 0 Å². The van der Waals surface area contributed by atoms with Crippen LogP contribution in [0.25, 0.3) is 5.52 Å². The zero-order chi connectivity index (χ0) is 11.9. The molecule has 0 saturated carbocycles. The number of anilines is 1. The van der Waals surface area contributed by atoms with Gasteiger partial charge >= 0.3 is 5.97 Å². The Balaban J connectivity index is 2.81. The van der Waals surface area contributed by atoms with Crippen LogP contribution in [0.1, 0.15) is 29.3 Å². The third kappa shape index (κ3) is 1.49. The normalized spacial score (nSPS) is 12.9. The molecule has 5 N–H and O–H groups in total. The van der Waals surface area contributed by atoms with Gasteiger partial charge in [0.15, 0.2) is 5.69 Å². The molecule has 0 aliphatic rings. The molecule has 1 atom stereocenters. The van der Waals surface area contributed by atoms with E-state index >= 15 is 0 Å². The van der Waals surface area contributed by atoms with Gasteiger partial charge in [0.2, 0.25) is 0 Å². The minimum Gasteiger partial charge on any atom is -0.476 e. The van der Waals surface area contributed by atoms with Crippen LogP contribution in [0.5, 0.6) is 0 Å². The van der Waals surface area contributed by atoms with Gasteiger partial charge in [-0.1, -0.05) is 0 Å². The molecule has 0 radical (unpaired) electrons. The van der Waals surface area contributed by atoms with Crippen molar-refractivity contribution in [3.05, 3.63) is 29.8 Å². The third-order valence-electron chi connectivity index (χ3n) is 2.30. The number of fused-ring (bicyclic) bond motifs is 1. The zero-order valence-electron chi connectivity index (χ0n) is 8.71. The Morgan fingerprint density at radius 3 is 2.88 bits per heavy atom. The van der Waals surface area contributed by atoms with Gasteiger partial charge in [-0.05, 0) is 19.1 Å². The van der Waals surface area contributed by atoms with Gasteiger partial charge in [0.25, 0.3) is 0 Å². The lowest BCUT2D eigenvalue weighted by Gasteiger charge is -2.03. The average molecular weight is 220 g/mol. The van der Waals surface area contributed by atoms with Gasteiger partial charge < -0.3 is 21.0 Å². The summed E-state index contributed by atoms with van der Waals surface area (Å²) in [4.78, 5) is 15.0. The van der Waals surface area contributed by atoms with Gasteiger partial charge in [0.1, 0.15) is 5.82 Å². The van der Waals surface area contributed by atoms with Crippen molar-refractivity contribution >= 4 is 17.2 Å². The van der Waals surface area contributed by atoms with Gasteiger partial charge in [-0.2, -0.15) is 0 Å². The quantitative estimate of drug-likeness (QED) is 0.688. The molecule has 0 spiro atoms. The SMILES string of the molecule is CC(N)c1nc(C(=O)O)c2cc(N)ccn12. The van der Waals surface area contributed by atoms with Crippen LogP contribution in [0.4, 0.5) is 5.69 Å². The summed E-state index contributed by atoms with van der Waals surface area (Å²) in [6.45, 7) is 1.75. The van der Waals surface area contributed by atoms with Crippen LogP contribution in [0, 0.1) is 0 Å². The standard InChI is InChI=1S/C10H12N4O2/c1-5(11)9-13-8(10(15)16)7-4-6(12)2-3-14(7)9/h2-5H,11-12H2,1H3,(H,15,16). The highest BCUT2D eigenvalue weighted by Gasteiger charge is 2.18. The van der Waals surface area contributed by atoms with E-state index in [-0.39, 0.29) is 11.7 Å². The fourth-order valence-corrected chi connectivity index (χ4v) is 1.60. The Hall–Kier alpha value is -2.08. The number of nitrogens with zero attached hydrogens (tertiary/aromatic N) is 2. The van der Waals surface area contributed by atoms with Crippen LogP contribution in [-0.4, -0.2) is 20.5 Å². The molecular weight excluding hydrogens is 208 g/mol. The summed E-state index contributed by atoms with van der Waals surface area (Å²) in [6, 6.07) is 2.90. The highest BCUT2D eigenvalue weighted by molar-refractivity contribution is 5.94. The highest BCUT2D eigenvalue weighted by atomic mass is 16.4. The number of hydrogen-bond donors (Lipinski definition) is 3. The van der Waals surface area contributed by atoms with Gasteiger partial charge in [0, 0.05) is 11.9 Å². The molecule has 0 saturated heterocycles. The summed E-state index contributed by atoms with van der Waals surface area (Å²) in [7, 11) is 0. The molecule has 0 bridgehead atoms. The smallest absolute Gasteiger partial charge is 0.356 e. The Labute approximate surface area is 91.5 Å². The monoisotopic (exact) mass is 220 g/mol. The third-order valence-corrected chi connectivity index (χ3v) is 2.30. The molecule has 16 heavy (non-hydrogen) atoms. The zero-order valence-corrected chi connectivity index (χ0v) is 8.71. The van der Waals surface area contributed by atoms with Gasteiger partial charge in [-0.15, -0.1) is 0 Å². The number of aromatic nitrogens is 2. The second kappa shape index (κ2) is 3.49. The first-order valence-corrected chi connectivity index (χ1v) is 4.77. The van der Waals surface area contributed by atoms with E-state index in [1.807, 2.05) is 0 Å². The molecule has 2 aromatic rings. The predicted octanol–water partition coefficient (Wildman–Crippen LogP) is 0.634. The van der Waals surface area contributed by atoms with Crippen molar-refractivity contribution in [2.75, 3.05) is 5.73 Å². The molecular formula is C10H12N4O2. The Bertz CT molecular complexity index is 559. The van der Waals surface area contributed by atoms with Crippen molar-refractivity contribution in [2.45, 2.75) is 13.0 Å². The number of carbonyl (C=O) groups is 1. The number of pyridine rings is 1. The van der Waals surface area contributed by atoms with Crippen LogP contribution in [0.15, 0.2) is 18.3 Å². The van der Waals surface area contributed by atoms with Crippen molar-refractivity contribution in [1.29, 1.82) is 0 Å². The van der Waals surface area contributed by atoms with Gasteiger partial charge in [-0.3, -0.25) is 0 Å². The number of aromatic carboxylic acids is 1. The molecule has 0 aromatic carbocycles. The molecule has 0 aliphatic heterocycles. The molecule has 6 nitrogen and oxygen atoms in total. The summed E-state index contributed by atoms with van der Waals surface area (Å²) in [5.41, 5.74) is 12.3. The lowest BCUT2D eigenvalue weighted by atomic mass is 10.3. The number of rotatable bonds is 2. The number of nitrogen functional groups attached to an aromatic ring is 1. The highest BCUT2D eigenvalue weighted by Crippen LogP contribution is 2.19. The molecule has 0 aliphatic carbocycles.